The third kappa shape index (κ3) is 3.23. The molecule has 0 N–H and O–H groups in total. The van der Waals surface area contributed by atoms with Gasteiger partial charge >= 0.3 is 0 Å². The molecule has 0 radical (unpaired) electrons. The van der Waals surface area contributed by atoms with Gasteiger partial charge in [-0.05, 0) is 12.2 Å². The molecule has 1 aromatic heterocycles. The molecule has 17 heavy (non-hydrogen) atoms. The van der Waals surface area contributed by atoms with Gasteiger partial charge in [-0.3, -0.25) is 4.79 Å². The molecule has 0 atom stereocenters. The Kier molecular flexibility index (Phi) is 4.44. The number of hydrogen-bond donors (Lipinski definition) is 1. The summed E-state index contributed by atoms with van der Waals surface area (Å²) in [5.74, 6) is 0.763. The van der Waals surface area contributed by atoms with E-state index < -0.39 is 0 Å². The summed E-state index contributed by atoms with van der Waals surface area (Å²) >= 11 is 4.12. The molecule has 2 rings (SSSR count). The number of aromatic nitrogens is 2. The van der Waals surface area contributed by atoms with Crippen LogP contribution in [0.2, 0.25) is 0 Å². The minimum Gasteiger partial charge on any atom is -0.378 e. The van der Waals surface area contributed by atoms with E-state index in [0.717, 1.165) is 31.0 Å². The van der Waals surface area contributed by atoms with Crippen LogP contribution in [0.25, 0.3) is 0 Å². The summed E-state index contributed by atoms with van der Waals surface area (Å²) in [5, 5.41) is 4.18. The van der Waals surface area contributed by atoms with Crippen LogP contribution < -0.4 is 10.5 Å². The van der Waals surface area contributed by atoms with Crippen molar-refractivity contribution in [1.82, 2.24) is 9.78 Å². The van der Waals surface area contributed by atoms with Crippen molar-refractivity contribution in [2.24, 2.45) is 0 Å². The van der Waals surface area contributed by atoms with E-state index >= 15 is 0 Å². The molecule has 1 aromatic rings. The minimum atomic E-state index is -0.0456. The van der Waals surface area contributed by atoms with Gasteiger partial charge in [-0.25, -0.2) is 4.68 Å². The Morgan fingerprint density at radius 1 is 1.41 bits per heavy atom. The molecule has 1 fully saturated rings. The van der Waals surface area contributed by atoms with Crippen LogP contribution in [-0.2, 0) is 11.3 Å². The van der Waals surface area contributed by atoms with Gasteiger partial charge < -0.3 is 9.64 Å². The molecule has 0 aromatic carbocycles. The largest absolute Gasteiger partial charge is 0.378 e. The summed E-state index contributed by atoms with van der Waals surface area (Å²) in [6.45, 7) is 3.70. The molecule has 1 saturated heterocycles. The molecule has 1 aliphatic heterocycles. The lowest BCUT2D eigenvalue weighted by Crippen LogP contribution is -2.37. The van der Waals surface area contributed by atoms with Gasteiger partial charge in [0.1, 0.15) is 0 Å². The highest BCUT2D eigenvalue weighted by molar-refractivity contribution is 7.80. The van der Waals surface area contributed by atoms with Crippen molar-refractivity contribution in [3.63, 3.8) is 0 Å². The fourth-order valence-electron chi connectivity index (χ4n) is 1.81. The molecular formula is C11H17N3O2S. The Labute approximate surface area is 106 Å². The summed E-state index contributed by atoms with van der Waals surface area (Å²) in [6.07, 6.45) is 2.61. The minimum absolute atomic E-state index is 0.0456. The predicted octanol–water partition coefficient (Wildman–Crippen LogP) is 0.400. The first-order valence-corrected chi connectivity index (χ1v) is 6.45. The second-order valence-corrected chi connectivity index (χ2v) is 4.40. The van der Waals surface area contributed by atoms with E-state index in [1.54, 1.807) is 12.3 Å². The summed E-state index contributed by atoms with van der Waals surface area (Å²) < 4.78 is 6.76. The van der Waals surface area contributed by atoms with Crippen molar-refractivity contribution in [1.29, 1.82) is 0 Å². The summed E-state index contributed by atoms with van der Waals surface area (Å²) in [7, 11) is 0. The second kappa shape index (κ2) is 6.07. The second-order valence-electron chi connectivity index (χ2n) is 3.95. The maximum absolute atomic E-state index is 11.8. The Hall–Kier alpha value is -1.01. The molecule has 0 bridgehead atoms. The first-order chi connectivity index (χ1) is 8.31. The van der Waals surface area contributed by atoms with Crippen LogP contribution in [0.5, 0.6) is 0 Å². The monoisotopic (exact) mass is 255 g/mol. The molecule has 0 amide bonds. The average Bonchev–Trinajstić information content (AvgIpc) is 2.38. The van der Waals surface area contributed by atoms with Gasteiger partial charge in [0.2, 0.25) is 0 Å². The van der Waals surface area contributed by atoms with E-state index in [-0.39, 0.29) is 5.56 Å². The van der Waals surface area contributed by atoms with Crippen LogP contribution in [-0.4, -0.2) is 41.8 Å². The molecule has 5 nitrogen and oxygen atoms in total. The fourth-order valence-corrected chi connectivity index (χ4v) is 1.95. The molecule has 1 aliphatic rings. The van der Waals surface area contributed by atoms with Gasteiger partial charge in [0.25, 0.3) is 5.56 Å². The van der Waals surface area contributed by atoms with Crippen LogP contribution in [0.15, 0.2) is 17.1 Å². The normalized spacial score (nSPS) is 16.2. The zero-order valence-electron chi connectivity index (χ0n) is 9.71. The highest BCUT2D eigenvalue weighted by Gasteiger charge is 2.12. The lowest BCUT2D eigenvalue weighted by Gasteiger charge is -2.28. The lowest BCUT2D eigenvalue weighted by molar-refractivity contribution is 0.122. The maximum Gasteiger partial charge on any atom is 0.268 e. The van der Waals surface area contributed by atoms with Crippen molar-refractivity contribution in [2.75, 3.05) is 37.0 Å². The molecule has 2 heterocycles. The molecule has 0 saturated carbocycles. The van der Waals surface area contributed by atoms with Gasteiger partial charge in [-0.2, -0.15) is 17.7 Å². The van der Waals surface area contributed by atoms with E-state index in [0.29, 0.717) is 19.8 Å². The van der Waals surface area contributed by atoms with E-state index in [1.807, 2.05) is 0 Å². The van der Waals surface area contributed by atoms with Crippen LogP contribution in [0.1, 0.15) is 6.42 Å². The number of ether oxygens (including phenoxy) is 1. The molecular weight excluding hydrogens is 238 g/mol. The number of rotatable bonds is 4. The molecule has 6 heteroatoms. The van der Waals surface area contributed by atoms with Crippen LogP contribution in [0.3, 0.4) is 0 Å². The summed E-state index contributed by atoms with van der Waals surface area (Å²) in [5.41, 5.74) is 0.844. The molecule has 0 unspecified atom stereocenters. The Balaban J connectivity index is 2.09. The third-order valence-electron chi connectivity index (χ3n) is 2.76. The van der Waals surface area contributed by atoms with Gasteiger partial charge in [0, 0.05) is 25.7 Å². The highest BCUT2D eigenvalue weighted by atomic mass is 32.1. The quantitative estimate of drug-likeness (QED) is 0.791. The fraction of sp³-hybridized carbons (Fsp3) is 0.636. The Bertz CT molecular complexity index is 415. The number of hydrogen-bond acceptors (Lipinski definition) is 5. The Morgan fingerprint density at radius 2 is 2.18 bits per heavy atom. The maximum atomic E-state index is 11.8. The van der Waals surface area contributed by atoms with Crippen LogP contribution in [0, 0.1) is 0 Å². The SMILES string of the molecule is O=c1cc(N2CCOCC2)cnn1CCCS. The van der Waals surface area contributed by atoms with Gasteiger partial charge in [0.15, 0.2) is 0 Å². The predicted molar refractivity (Wildman–Crippen MR) is 70.0 cm³/mol. The number of thiol groups is 1. The van der Waals surface area contributed by atoms with Gasteiger partial charge in [0.05, 0.1) is 25.1 Å². The topological polar surface area (TPSA) is 47.4 Å². The van der Waals surface area contributed by atoms with E-state index in [9.17, 15) is 4.79 Å². The van der Waals surface area contributed by atoms with Crippen molar-refractivity contribution >= 4 is 18.3 Å². The summed E-state index contributed by atoms with van der Waals surface area (Å²) in [4.78, 5) is 13.9. The van der Waals surface area contributed by atoms with Crippen molar-refractivity contribution < 1.29 is 4.74 Å². The number of aryl methyl sites for hydroxylation is 1. The number of nitrogens with zero attached hydrogens (tertiary/aromatic N) is 3. The van der Waals surface area contributed by atoms with Crippen LogP contribution >= 0.6 is 12.6 Å². The number of anilines is 1. The molecule has 94 valence electrons. The Morgan fingerprint density at radius 3 is 2.82 bits per heavy atom. The summed E-state index contributed by atoms with van der Waals surface area (Å²) in [6, 6.07) is 1.65. The van der Waals surface area contributed by atoms with Crippen molar-refractivity contribution in [3.05, 3.63) is 22.6 Å². The molecule has 0 spiro atoms. The van der Waals surface area contributed by atoms with Crippen molar-refractivity contribution in [2.45, 2.75) is 13.0 Å². The van der Waals surface area contributed by atoms with E-state index in [1.165, 1.54) is 4.68 Å². The zero-order chi connectivity index (χ0) is 12.1. The van der Waals surface area contributed by atoms with E-state index in [2.05, 4.69) is 22.6 Å². The van der Waals surface area contributed by atoms with Crippen molar-refractivity contribution in [3.8, 4) is 0 Å². The highest BCUT2D eigenvalue weighted by Crippen LogP contribution is 2.11. The van der Waals surface area contributed by atoms with Crippen LogP contribution in [0.4, 0.5) is 5.69 Å². The van der Waals surface area contributed by atoms with E-state index in [4.69, 9.17) is 4.74 Å². The zero-order valence-corrected chi connectivity index (χ0v) is 10.6. The van der Waals surface area contributed by atoms with Gasteiger partial charge in [-0.1, -0.05) is 0 Å². The number of morpholine rings is 1. The first-order valence-electron chi connectivity index (χ1n) is 5.82. The smallest absolute Gasteiger partial charge is 0.268 e. The first kappa shape index (κ1) is 12.4. The standard InChI is InChI=1S/C11H17N3O2S/c15-11-8-10(13-3-5-16-6-4-13)9-12-14(11)2-1-7-17/h8-9,17H,1-7H2. The average molecular weight is 255 g/mol. The lowest BCUT2D eigenvalue weighted by atomic mass is 10.3. The van der Waals surface area contributed by atoms with Gasteiger partial charge in [-0.15, -0.1) is 0 Å². The third-order valence-corrected chi connectivity index (χ3v) is 3.08. The molecule has 0 aliphatic carbocycles.